The van der Waals surface area contributed by atoms with Gasteiger partial charge in [-0.2, -0.15) is 0 Å². The zero-order valence-corrected chi connectivity index (χ0v) is 23.5. The van der Waals surface area contributed by atoms with Crippen molar-refractivity contribution < 1.29 is 0 Å². The predicted octanol–water partition coefficient (Wildman–Crippen LogP) is 9.93. The maximum Gasteiger partial charge on any atom is 0.0614 e. The van der Waals surface area contributed by atoms with Gasteiger partial charge < -0.3 is 0 Å². The Morgan fingerprint density at radius 1 is 0.750 bits per heavy atom. The molecule has 0 aromatic heterocycles. The van der Waals surface area contributed by atoms with Crippen LogP contribution in [0.2, 0.25) is 0 Å². The molecule has 0 saturated carbocycles. The van der Waals surface area contributed by atoms with Crippen LogP contribution < -0.4 is 0 Å². The zero-order valence-electron chi connectivity index (χ0n) is 23.5. The first-order chi connectivity index (χ1) is 14.3. The molecule has 1 atom stereocenters. The third-order valence-corrected chi connectivity index (χ3v) is 7.55. The summed E-state index contributed by atoms with van der Waals surface area (Å²) in [6, 6.07) is 0. The average Bonchev–Trinajstić information content (AvgIpc) is 3.23. The van der Waals surface area contributed by atoms with Crippen molar-refractivity contribution in [3.05, 3.63) is 68.9 Å². The van der Waals surface area contributed by atoms with E-state index in [1.165, 1.54) is 22.3 Å². The Morgan fingerprint density at radius 2 is 1.31 bits per heavy atom. The SMILES string of the molecule is C/C=C1/C(CC)=C2C(C(C)(C)C)=CC(C(C)(C)C)=C2C12C=C(C(C)(C)C)C=C2C(C)(C)C. The van der Waals surface area contributed by atoms with Crippen LogP contribution in [0, 0.1) is 27.1 Å². The van der Waals surface area contributed by atoms with Gasteiger partial charge in [0.2, 0.25) is 0 Å². The highest BCUT2D eigenvalue weighted by Gasteiger charge is 2.57. The number of rotatable bonds is 1. The quantitative estimate of drug-likeness (QED) is 0.386. The maximum atomic E-state index is 2.66. The Hall–Kier alpha value is -1.56. The van der Waals surface area contributed by atoms with Crippen LogP contribution in [-0.4, -0.2) is 0 Å². The second-order valence-electron chi connectivity index (χ2n) is 14.2. The van der Waals surface area contributed by atoms with Gasteiger partial charge in [0.05, 0.1) is 5.41 Å². The van der Waals surface area contributed by atoms with E-state index in [1.54, 1.807) is 22.3 Å². The van der Waals surface area contributed by atoms with E-state index in [1.807, 2.05) is 0 Å². The molecule has 32 heavy (non-hydrogen) atoms. The summed E-state index contributed by atoms with van der Waals surface area (Å²) >= 11 is 0. The molecule has 1 spiro atoms. The van der Waals surface area contributed by atoms with Crippen molar-refractivity contribution in [3.8, 4) is 0 Å². The monoisotopic (exact) mass is 432 g/mol. The fourth-order valence-electron chi connectivity index (χ4n) is 6.03. The largest absolute Gasteiger partial charge is 0.0826 e. The predicted molar refractivity (Wildman–Crippen MR) is 143 cm³/mol. The van der Waals surface area contributed by atoms with Crippen molar-refractivity contribution in [2.45, 2.75) is 103 Å². The van der Waals surface area contributed by atoms with Crippen LogP contribution in [0.4, 0.5) is 0 Å². The Bertz CT molecular complexity index is 1010. The van der Waals surface area contributed by atoms with Gasteiger partial charge >= 0.3 is 0 Å². The normalized spacial score (nSPS) is 25.8. The van der Waals surface area contributed by atoms with Crippen LogP contribution >= 0.6 is 0 Å². The van der Waals surface area contributed by atoms with Gasteiger partial charge in [-0.25, -0.2) is 0 Å². The standard InChI is InChI=1S/C32H48/c1-15-21-22(16-2)32(19-20(28(3,4)5)17-25(32)31(12,13)14)27-24(30(9,10)11)18-23(26(21)27)29(6,7)8/h16-19H,15H2,1-14H3/b22-16-. The molecule has 0 radical (unpaired) electrons. The highest BCUT2D eigenvalue weighted by Crippen LogP contribution is 2.69. The lowest BCUT2D eigenvalue weighted by molar-refractivity contribution is 0.426. The Labute approximate surface area is 199 Å². The molecule has 0 amide bonds. The lowest BCUT2D eigenvalue weighted by Gasteiger charge is -2.40. The summed E-state index contributed by atoms with van der Waals surface area (Å²) in [6.07, 6.45) is 11.3. The minimum atomic E-state index is -0.150. The van der Waals surface area contributed by atoms with Gasteiger partial charge in [0, 0.05) is 0 Å². The Balaban J connectivity index is 2.54. The van der Waals surface area contributed by atoms with Crippen LogP contribution in [-0.2, 0) is 0 Å². The number of fused-ring (bicyclic) bond motifs is 2. The third kappa shape index (κ3) is 3.57. The molecule has 0 fully saturated rings. The summed E-state index contributed by atoms with van der Waals surface area (Å²) in [5.41, 5.74) is 12.6. The molecule has 3 aliphatic carbocycles. The van der Waals surface area contributed by atoms with E-state index in [0.29, 0.717) is 0 Å². The van der Waals surface area contributed by atoms with Crippen molar-refractivity contribution in [2.75, 3.05) is 0 Å². The van der Waals surface area contributed by atoms with E-state index >= 15 is 0 Å². The minimum Gasteiger partial charge on any atom is -0.0826 e. The van der Waals surface area contributed by atoms with Crippen molar-refractivity contribution in [1.29, 1.82) is 0 Å². The van der Waals surface area contributed by atoms with E-state index in [-0.39, 0.29) is 27.1 Å². The van der Waals surface area contributed by atoms with Crippen LogP contribution in [0.25, 0.3) is 0 Å². The number of hydrogen-bond acceptors (Lipinski definition) is 0. The molecule has 0 heteroatoms. The van der Waals surface area contributed by atoms with Gasteiger partial charge in [-0.05, 0) is 79.6 Å². The maximum absolute atomic E-state index is 2.66. The van der Waals surface area contributed by atoms with E-state index in [2.05, 4.69) is 121 Å². The van der Waals surface area contributed by atoms with Crippen molar-refractivity contribution >= 4 is 0 Å². The van der Waals surface area contributed by atoms with Gasteiger partial charge in [-0.1, -0.05) is 114 Å². The van der Waals surface area contributed by atoms with Crippen LogP contribution in [0.15, 0.2) is 68.9 Å². The summed E-state index contributed by atoms with van der Waals surface area (Å²) in [5, 5.41) is 0. The molecule has 3 rings (SSSR count). The molecule has 0 aromatic carbocycles. The summed E-state index contributed by atoms with van der Waals surface area (Å²) in [7, 11) is 0. The van der Waals surface area contributed by atoms with Crippen LogP contribution in [0.5, 0.6) is 0 Å². The Kier molecular flexibility index (Phi) is 5.65. The van der Waals surface area contributed by atoms with Crippen LogP contribution in [0.3, 0.4) is 0 Å². The second kappa shape index (κ2) is 7.22. The first kappa shape index (κ1) is 25.1. The van der Waals surface area contributed by atoms with Crippen molar-refractivity contribution in [2.24, 2.45) is 27.1 Å². The first-order valence-corrected chi connectivity index (χ1v) is 12.7. The molecule has 0 saturated heterocycles. The fourth-order valence-corrected chi connectivity index (χ4v) is 6.03. The zero-order chi connectivity index (χ0) is 24.7. The fraction of sp³-hybridized carbons (Fsp3) is 0.625. The smallest absolute Gasteiger partial charge is 0.0614 e. The minimum absolute atomic E-state index is 0.0759. The van der Waals surface area contributed by atoms with Crippen molar-refractivity contribution in [1.82, 2.24) is 0 Å². The molecule has 0 aromatic rings. The lowest BCUT2D eigenvalue weighted by Crippen LogP contribution is -2.30. The van der Waals surface area contributed by atoms with E-state index in [0.717, 1.165) is 6.42 Å². The molecule has 176 valence electrons. The van der Waals surface area contributed by atoms with E-state index < -0.39 is 0 Å². The Morgan fingerprint density at radius 3 is 1.69 bits per heavy atom. The highest BCUT2D eigenvalue weighted by atomic mass is 14.6. The summed E-state index contributed by atoms with van der Waals surface area (Å²) < 4.78 is 0. The molecule has 3 aliphatic rings. The van der Waals surface area contributed by atoms with Crippen LogP contribution in [0.1, 0.15) is 103 Å². The summed E-state index contributed by atoms with van der Waals surface area (Å²) in [4.78, 5) is 0. The van der Waals surface area contributed by atoms with Gasteiger partial charge in [0.25, 0.3) is 0 Å². The summed E-state index contributed by atoms with van der Waals surface area (Å²) in [5.74, 6) is 0. The lowest BCUT2D eigenvalue weighted by atomic mass is 9.62. The van der Waals surface area contributed by atoms with Gasteiger partial charge in [-0.15, -0.1) is 0 Å². The first-order valence-electron chi connectivity index (χ1n) is 12.7. The van der Waals surface area contributed by atoms with E-state index in [9.17, 15) is 0 Å². The summed E-state index contributed by atoms with van der Waals surface area (Å²) in [6.45, 7) is 33.2. The molecule has 0 aliphatic heterocycles. The molecule has 1 unspecified atom stereocenters. The van der Waals surface area contributed by atoms with E-state index in [4.69, 9.17) is 0 Å². The molecular weight excluding hydrogens is 384 g/mol. The topological polar surface area (TPSA) is 0 Å². The van der Waals surface area contributed by atoms with Gasteiger partial charge in [0.15, 0.2) is 0 Å². The number of hydrogen-bond donors (Lipinski definition) is 0. The third-order valence-electron chi connectivity index (χ3n) is 7.55. The second-order valence-corrected chi connectivity index (χ2v) is 14.2. The number of allylic oxidation sites excluding steroid dienone is 12. The van der Waals surface area contributed by atoms with Gasteiger partial charge in [0.1, 0.15) is 0 Å². The molecule has 0 heterocycles. The highest BCUT2D eigenvalue weighted by molar-refractivity contribution is 5.81. The molecule has 0 nitrogen and oxygen atoms in total. The van der Waals surface area contributed by atoms with Gasteiger partial charge in [-0.3, -0.25) is 0 Å². The average molecular weight is 433 g/mol. The molecule has 0 N–H and O–H groups in total. The molecule has 0 bridgehead atoms. The van der Waals surface area contributed by atoms with Crippen molar-refractivity contribution in [3.63, 3.8) is 0 Å². The molecular formula is C32H48.